The van der Waals surface area contributed by atoms with Crippen molar-refractivity contribution in [3.8, 4) is 5.75 Å². The van der Waals surface area contributed by atoms with Crippen molar-refractivity contribution in [2.24, 2.45) is 0 Å². The van der Waals surface area contributed by atoms with Gasteiger partial charge in [0.1, 0.15) is 5.75 Å². The second-order valence-electron chi connectivity index (χ2n) is 6.69. The SMILES string of the molecule is CCCc1ccc(CCOc2ccc(CC3SC(=O)NC3=O)cc2C)nc1. The maximum Gasteiger partial charge on any atom is 0.286 e. The van der Waals surface area contributed by atoms with Crippen molar-refractivity contribution in [2.45, 2.75) is 44.8 Å². The molecule has 1 aromatic carbocycles. The number of carbonyl (C=O) groups is 2. The molecule has 0 bridgehead atoms. The van der Waals surface area contributed by atoms with Crippen LogP contribution in [0.5, 0.6) is 5.75 Å². The third kappa shape index (κ3) is 5.32. The van der Waals surface area contributed by atoms with Crippen LogP contribution in [0.4, 0.5) is 4.79 Å². The average molecular weight is 385 g/mol. The van der Waals surface area contributed by atoms with Crippen LogP contribution >= 0.6 is 11.8 Å². The van der Waals surface area contributed by atoms with Crippen LogP contribution in [0.15, 0.2) is 36.5 Å². The second kappa shape index (κ2) is 9.04. The molecule has 1 fully saturated rings. The predicted molar refractivity (Wildman–Crippen MR) is 107 cm³/mol. The highest BCUT2D eigenvalue weighted by Gasteiger charge is 2.31. The van der Waals surface area contributed by atoms with Gasteiger partial charge >= 0.3 is 0 Å². The molecule has 1 saturated heterocycles. The number of pyridine rings is 1. The summed E-state index contributed by atoms with van der Waals surface area (Å²) in [5, 5.41) is 1.71. The monoisotopic (exact) mass is 384 g/mol. The molecule has 1 aliphatic heterocycles. The lowest BCUT2D eigenvalue weighted by molar-refractivity contribution is -0.118. The third-order valence-corrected chi connectivity index (χ3v) is 5.45. The molecule has 27 heavy (non-hydrogen) atoms. The first kappa shape index (κ1) is 19.4. The van der Waals surface area contributed by atoms with Crippen molar-refractivity contribution in [2.75, 3.05) is 6.61 Å². The van der Waals surface area contributed by atoms with Gasteiger partial charge in [0.05, 0.1) is 11.9 Å². The zero-order valence-electron chi connectivity index (χ0n) is 15.7. The van der Waals surface area contributed by atoms with Crippen molar-refractivity contribution in [3.05, 3.63) is 58.9 Å². The van der Waals surface area contributed by atoms with Crippen LogP contribution in [0.25, 0.3) is 0 Å². The number of nitrogens with zero attached hydrogens (tertiary/aromatic N) is 1. The van der Waals surface area contributed by atoms with E-state index < -0.39 is 0 Å². The van der Waals surface area contributed by atoms with Crippen molar-refractivity contribution in [1.29, 1.82) is 0 Å². The van der Waals surface area contributed by atoms with Gasteiger partial charge in [-0.05, 0) is 48.6 Å². The molecule has 1 aliphatic rings. The molecule has 1 N–H and O–H groups in total. The number of hydrogen-bond donors (Lipinski definition) is 1. The molecule has 142 valence electrons. The Labute approximate surface area is 163 Å². The van der Waals surface area contributed by atoms with Gasteiger partial charge in [0, 0.05) is 18.3 Å². The smallest absolute Gasteiger partial charge is 0.286 e. The Morgan fingerprint density at radius 3 is 2.59 bits per heavy atom. The number of imide groups is 1. The molecule has 6 heteroatoms. The van der Waals surface area contributed by atoms with Gasteiger partial charge in [0.15, 0.2) is 0 Å². The highest BCUT2D eigenvalue weighted by Crippen LogP contribution is 2.25. The lowest BCUT2D eigenvalue weighted by atomic mass is 10.1. The maximum absolute atomic E-state index is 11.7. The zero-order chi connectivity index (χ0) is 19.2. The Bertz CT molecular complexity index is 821. The minimum Gasteiger partial charge on any atom is -0.493 e. The van der Waals surface area contributed by atoms with E-state index in [0.29, 0.717) is 13.0 Å². The highest BCUT2D eigenvalue weighted by molar-refractivity contribution is 8.15. The summed E-state index contributed by atoms with van der Waals surface area (Å²) in [6, 6.07) is 10.1. The molecule has 0 radical (unpaired) electrons. The number of amides is 2. The normalized spacial score (nSPS) is 16.4. The molecule has 1 unspecified atom stereocenters. The molecular formula is C21H24N2O3S. The summed E-state index contributed by atoms with van der Waals surface area (Å²) < 4.78 is 5.90. The van der Waals surface area contributed by atoms with Crippen molar-refractivity contribution in [3.63, 3.8) is 0 Å². The molecule has 2 heterocycles. The van der Waals surface area contributed by atoms with Gasteiger partial charge in [-0.1, -0.05) is 43.3 Å². The quantitative estimate of drug-likeness (QED) is 0.748. The van der Waals surface area contributed by atoms with Gasteiger partial charge in [-0.3, -0.25) is 19.9 Å². The zero-order valence-corrected chi connectivity index (χ0v) is 16.5. The van der Waals surface area contributed by atoms with E-state index in [0.717, 1.165) is 53.6 Å². The fraction of sp³-hybridized carbons (Fsp3) is 0.381. The number of hydrogen-bond acceptors (Lipinski definition) is 5. The van der Waals surface area contributed by atoms with E-state index in [1.54, 1.807) is 0 Å². The van der Waals surface area contributed by atoms with Gasteiger partial charge in [-0.2, -0.15) is 0 Å². The standard InChI is InChI=1S/C21H24N2O3S/c1-3-4-15-5-7-17(22-13-15)9-10-26-18-8-6-16(11-14(18)2)12-19-20(24)23-21(25)27-19/h5-8,11,13,19H,3-4,9-10,12H2,1-2H3,(H,23,24,25). The Hall–Kier alpha value is -2.34. The van der Waals surface area contributed by atoms with E-state index in [4.69, 9.17) is 4.74 Å². The largest absolute Gasteiger partial charge is 0.493 e. The fourth-order valence-electron chi connectivity index (χ4n) is 3.05. The molecule has 2 amide bonds. The Kier molecular flexibility index (Phi) is 6.50. The molecule has 0 spiro atoms. The predicted octanol–water partition coefficient (Wildman–Crippen LogP) is 3.86. The van der Waals surface area contributed by atoms with E-state index >= 15 is 0 Å². The summed E-state index contributed by atoms with van der Waals surface area (Å²) in [4.78, 5) is 27.4. The third-order valence-electron chi connectivity index (χ3n) is 4.47. The Morgan fingerprint density at radius 1 is 1.15 bits per heavy atom. The number of ether oxygens (including phenoxy) is 1. The number of thioether (sulfide) groups is 1. The van der Waals surface area contributed by atoms with Crippen molar-refractivity contribution in [1.82, 2.24) is 10.3 Å². The van der Waals surface area contributed by atoms with Crippen molar-refractivity contribution < 1.29 is 14.3 Å². The molecule has 0 saturated carbocycles. The maximum atomic E-state index is 11.7. The fourth-order valence-corrected chi connectivity index (χ4v) is 3.91. The van der Waals surface area contributed by atoms with Gasteiger partial charge in [-0.25, -0.2) is 0 Å². The highest BCUT2D eigenvalue weighted by atomic mass is 32.2. The van der Waals surface area contributed by atoms with Gasteiger partial charge < -0.3 is 4.74 Å². The molecule has 1 atom stereocenters. The minimum absolute atomic E-state index is 0.208. The van der Waals surface area contributed by atoms with Crippen LogP contribution < -0.4 is 10.1 Å². The summed E-state index contributed by atoms with van der Waals surface area (Å²) >= 11 is 1.06. The first-order chi connectivity index (χ1) is 13.0. The minimum atomic E-state index is -0.342. The van der Waals surface area contributed by atoms with Gasteiger partial charge in [0.25, 0.3) is 5.24 Å². The lowest BCUT2D eigenvalue weighted by Gasteiger charge is -2.12. The van der Waals surface area contributed by atoms with E-state index in [1.807, 2.05) is 31.3 Å². The van der Waals surface area contributed by atoms with Crippen LogP contribution in [0.1, 0.15) is 35.7 Å². The number of nitrogens with one attached hydrogen (secondary N) is 1. The lowest BCUT2D eigenvalue weighted by Crippen LogP contribution is -2.25. The first-order valence-electron chi connectivity index (χ1n) is 9.22. The Balaban J connectivity index is 1.52. The molecular weight excluding hydrogens is 360 g/mol. The number of rotatable bonds is 8. The summed E-state index contributed by atoms with van der Waals surface area (Å²) in [6.45, 7) is 4.72. The average Bonchev–Trinajstić information content (AvgIpc) is 2.95. The van der Waals surface area contributed by atoms with Gasteiger partial charge in [-0.15, -0.1) is 0 Å². The van der Waals surface area contributed by atoms with Crippen LogP contribution in [-0.2, 0) is 24.1 Å². The van der Waals surface area contributed by atoms with Crippen LogP contribution in [0, 0.1) is 6.92 Å². The number of aromatic nitrogens is 1. The molecule has 1 aromatic heterocycles. The summed E-state index contributed by atoms with van der Waals surface area (Å²) in [5.74, 6) is 0.626. The van der Waals surface area contributed by atoms with Crippen LogP contribution in [0.3, 0.4) is 0 Å². The topological polar surface area (TPSA) is 68.3 Å². The molecule has 3 rings (SSSR count). The molecule has 5 nitrogen and oxygen atoms in total. The van der Waals surface area contributed by atoms with Gasteiger partial charge in [0.2, 0.25) is 5.91 Å². The number of carbonyl (C=O) groups excluding carboxylic acids is 2. The van der Waals surface area contributed by atoms with Crippen LogP contribution in [0.2, 0.25) is 0 Å². The second-order valence-corrected chi connectivity index (χ2v) is 7.87. The van der Waals surface area contributed by atoms with Crippen LogP contribution in [-0.4, -0.2) is 28.0 Å². The Morgan fingerprint density at radius 2 is 1.96 bits per heavy atom. The summed E-state index contributed by atoms with van der Waals surface area (Å²) in [6.07, 6.45) is 5.43. The van der Waals surface area contributed by atoms with E-state index in [-0.39, 0.29) is 16.4 Å². The van der Waals surface area contributed by atoms with E-state index in [9.17, 15) is 9.59 Å². The number of benzene rings is 1. The first-order valence-corrected chi connectivity index (χ1v) is 10.1. The number of aryl methyl sites for hydroxylation is 2. The van der Waals surface area contributed by atoms with E-state index in [1.165, 1.54) is 5.56 Å². The van der Waals surface area contributed by atoms with E-state index in [2.05, 4.69) is 29.4 Å². The van der Waals surface area contributed by atoms with Crippen molar-refractivity contribution >= 4 is 22.9 Å². The summed E-state index contributed by atoms with van der Waals surface area (Å²) in [5.41, 5.74) is 4.34. The molecule has 0 aliphatic carbocycles. The molecule has 2 aromatic rings. The summed E-state index contributed by atoms with van der Waals surface area (Å²) in [7, 11) is 0.